The highest BCUT2D eigenvalue weighted by Crippen LogP contribution is 2.77. The van der Waals surface area contributed by atoms with E-state index in [0.717, 1.165) is 63.4 Å². The van der Waals surface area contributed by atoms with Crippen molar-refractivity contribution in [3.63, 3.8) is 0 Å². The minimum atomic E-state index is -0.656. The summed E-state index contributed by atoms with van der Waals surface area (Å²) < 4.78 is 0. The van der Waals surface area contributed by atoms with Crippen molar-refractivity contribution in [3.05, 3.63) is 12.2 Å². The molecule has 5 rings (SSSR count). The van der Waals surface area contributed by atoms with Crippen LogP contribution in [0.2, 0.25) is 0 Å². The summed E-state index contributed by atoms with van der Waals surface area (Å²) in [6, 6.07) is 0. The van der Waals surface area contributed by atoms with E-state index in [1.165, 1.54) is 0 Å². The van der Waals surface area contributed by atoms with Crippen LogP contribution in [0.5, 0.6) is 0 Å². The fourth-order valence-corrected chi connectivity index (χ4v) is 11.3. The molecule has 0 aliphatic heterocycles. The Morgan fingerprint density at radius 2 is 1.62 bits per heavy atom. The summed E-state index contributed by atoms with van der Waals surface area (Å²) in [7, 11) is 0. The van der Waals surface area contributed by atoms with Crippen LogP contribution in [0.3, 0.4) is 0 Å². The summed E-state index contributed by atoms with van der Waals surface area (Å²) >= 11 is 0. The molecule has 0 radical (unpaired) electrons. The molecule has 4 heteroatoms. The number of aliphatic carboxylic acids is 1. The van der Waals surface area contributed by atoms with Crippen LogP contribution in [-0.4, -0.2) is 28.6 Å². The molecule has 4 nitrogen and oxygen atoms in total. The molecule has 5 saturated carbocycles. The smallest absolute Gasteiger partial charge is 0.309 e. The molecule has 0 amide bonds. The van der Waals surface area contributed by atoms with Crippen LogP contribution in [0.15, 0.2) is 12.2 Å². The third kappa shape index (κ3) is 2.75. The first-order valence-electron chi connectivity index (χ1n) is 13.8. The Balaban J connectivity index is 1.57. The third-order valence-electron chi connectivity index (χ3n) is 13.3. The van der Waals surface area contributed by atoms with E-state index in [1.54, 1.807) is 0 Å². The summed E-state index contributed by atoms with van der Waals surface area (Å²) in [6.07, 6.45) is 9.46. The lowest BCUT2D eigenvalue weighted by Gasteiger charge is -2.72. The molecule has 0 heterocycles. The first kappa shape index (κ1) is 24.5. The maximum Gasteiger partial charge on any atom is 0.309 e. The number of carbonyl (C=O) groups is 2. The second kappa shape index (κ2) is 7.43. The SMILES string of the molecule is C=C(CO)[C@@H]1CC[C@]2(C(=O)O)CC[C@]3(C)[C@H](CC[C@@H]4[C@@]5(C)CCC(=O)C(C)(C)[C@@H]5CC[C@]43C)[C@H]12. The monoisotopic (exact) mass is 470 g/mol. The Bertz CT molecular complexity index is 921. The molecule has 2 N–H and O–H groups in total. The highest BCUT2D eigenvalue weighted by molar-refractivity contribution is 5.85. The molecule has 9 atom stereocenters. The van der Waals surface area contributed by atoms with Crippen molar-refractivity contribution in [2.75, 3.05) is 6.61 Å². The molecule has 0 saturated heterocycles. The van der Waals surface area contributed by atoms with Crippen LogP contribution < -0.4 is 0 Å². The Hall–Kier alpha value is -1.16. The first-order valence-corrected chi connectivity index (χ1v) is 13.8. The van der Waals surface area contributed by atoms with E-state index in [0.29, 0.717) is 30.0 Å². The van der Waals surface area contributed by atoms with Gasteiger partial charge in [0.2, 0.25) is 0 Å². The van der Waals surface area contributed by atoms with Gasteiger partial charge in [-0.1, -0.05) is 41.2 Å². The van der Waals surface area contributed by atoms with Gasteiger partial charge in [-0.15, -0.1) is 0 Å². The molecule has 0 aromatic rings. The second-order valence-electron chi connectivity index (χ2n) is 14.3. The second-order valence-corrected chi connectivity index (χ2v) is 14.3. The summed E-state index contributed by atoms with van der Waals surface area (Å²) in [5.74, 6) is 1.38. The Kier molecular flexibility index (Phi) is 5.36. The van der Waals surface area contributed by atoms with E-state index >= 15 is 0 Å². The number of rotatable bonds is 3. The third-order valence-corrected chi connectivity index (χ3v) is 13.3. The fraction of sp³-hybridized carbons (Fsp3) is 0.867. The van der Waals surface area contributed by atoms with Gasteiger partial charge in [0, 0.05) is 11.8 Å². The van der Waals surface area contributed by atoms with Gasteiger partial charge in [0.15, 0.2) is 0 Å². The normalized spacial score (nSPS) is 51.6. The zero-order chi connectivity index (χ0) is 24.9. The van der Waals surface area contributed by atoms with Crippen molar-refractivity contribution in [2.45, 2.75) is 98.8 Å². The molecule has 0 spiro atoms. The van der Waals surface area contributed by atoms with Crippen LogP contribution in [0, 0.1) is 56.7 Å². The number of ketones is 1. The Morgan fingerprint density at radius 1 is 0.912 bits per heavy atom. The highest BCUT2D eigenvalue weighted by Gasteiger charge is 2.72. The van der Waals surface area contributed by atoms with Gasteiger partial charge < -0.3 is 10.2 Å². The van der Waals surface area contributed by atoms with Crippen LogP contribution in [0.25, 0.3) is 0 Å². The van der Waals surface area contributed by atoms with Gasteiger partial charge in [0.05, 0.1) is 12.0 Å². The van der Waals surface area contributed by atoms with E-state index in [4.69, 9.17) is 0 Å². The minimum absolute atomic E-state index is 0.0386. The predicted octanol–water partition coefficient (Wildman–Crippen LogP) is 6.27. The van der Waals surface area contributed by atoms with Crippen LogP contribution >= 0.6 is 0 Å². The average Bonchev–Trinajstić information content (AvgIpc) is 3.18. The predicted molar refractivity (Wildman–Crippen MR) is 133 cm³/mol. The molecular formula is C30H46O4. The lowest BCUT2D eigenvalue weighted by molar-refractivity contribution is -0.235. The van der Waals surface area contributed by atoms with Crippen molar-refractivity contribution in [2.24, 2.45) is 56.7 Å². The number of carboxylic acid groups (broad SMARTS) is 1. The molecule has 190 valence electrons. The zero-order valence-corrected chi connectivity index (χ0v) is 22.1. The summed E-state index contributed by atoms with van der Waals surface area (Å²) in [5, 5.41) is 20.5. The number of aliphatic hydroxyl groups is 1. The number of hydrogen-bond donors (Lipinski definition) is 2. The quantitative estimate of drug-likeness (QED) is 0.477. The molecule has 34 heavy (non-hydrogen) atoms. The Morgan fingerprint density at radius 3 is 2.26 bits per heavy atom. The molecule has 5 aliphatic rings. The van der Waals surface area contributed by atoms with Gasteiger partial charge in [-0.2, -0.15) is 0 Å². The number of carboxylic acids is 1. The summed E-state index contributed by atoms with van der Waals surface area (Å²) in [4.78, 5) is 25.7. The van der Waals surface area contributed by atoms with E-state index in [2.05, 4.69) is 41.2 Å². The van der Waals surface area contributed by atoms with E-state index in [-0.39, 0.29) is 40.1 Å². The lowest BCUT2D eigenvalue weighted by Crippen LogP contribution is -2.66. The lowest BCUT2D eigenvalue weighted by atomic mass is 9.32. The molecule has 0 unspecified atom stereocenters. The van der Waals surface area contributed by atoms with Crippen LogP contribution in [0.4, 0.5) is 0 Å². The molecule has 5 fully saturated rings. The van der Waals surface area contributed by atoms with Gasteiger partial charge in [-0.3, -0.25) is 9.59 Å². The fourth-order valence-electron chi connectivity index (χ4n) is 11.3. The van der Waals surface area contributed by atoms with Gasteiger partial charge >= 0.3 is 5.97 Å². The van der Waals surface area contributed by atoms with Gasteiger partial charge in [0.1, 0.15) is 5.78 Å². The van der Waals surface area contributed by atoms with Crippen molar-refractivity contribution in [1.82, 2.24) is 0 Å². The number of carbonyl (C=O) groups excluding carboxylic acids is 1. The van der Waals surface area contributed by atoms with E-state index in [1.807, 2.05) is 0 Å². The van der Waals surface area contributed by atoms with E-state index < -0.39 is 11.4 Å². The topological polar surface area (TPSA) is 74.6 Å². The summed E-state index contributed by atoms with van der Waals surface area (Å²) in [5.41, 5.74) is 0.341. The first-order chi connectivity index (χ1) is 15.8. The van der Waals surface area contributed by atoms with Gasteiger partial charge in [-0.25, -0.2) is 0 Å². The van der Waals surface area contributed by atoms with E-state index in [9.17, 15) is 19.8 Å². The van der Waals surface area contributed by atoms with Crippen LogP contribution in [0.1, 0.15) is 98.8 Å². The van der Waals surface area contributed by atoms with Gasteiger partial charge in [-0.05, 0) is 109 Å². The van der Waals surface area contributed by atoms with Crippen molar-refractivity contribution in [3.8, 4) is 0 Å². The maximum absolute atomic E-state index is 12.9. The number of aliphatic hydroxyl groups excluding tert-OH is 1. The van der Waals surface area contributed by atoms with Crippen molar-refractivity contribution >= 4 is 11.8 Å². The van der Waals surface area contributed by atoms with Crippen molar-refractivity contribution in [1.29, 1.82) is 0 Å². The molecule has 0 aromatic heterocycles. The molecular weight excluding hydrogens is 424 g/mol. The largest absolute Gasteiger partial charge is 0.481 e. The maximum atomic E-state index is 12.9. The molecule has 0 aromatic carbocycles. The van der Waals surface area contributed by atoms with Crippen LogP contribution in [-0.2, 0) is 9.59 Å². The number of hydrogen-bond acceptors (Lipinski definition) is 3. The minimum Gasteiger partial charge on any atom is -0.481 e. The highest BCUT2D eigenvalue weighted by atomic mass is 16.4. The molecule has 5 aliphatic carbocycles. The molecule has 0 bridgehead atoms. The average molecular weight is 471 g/mol. The number of Topliss-reactive ketones (excluding diaryl/α,β-unsaturated/α-hetero) is 1. The Labute approximate surface area is 206 Å². The van der Waals surface area contributed by atoms with Crippen molar-refractivity contribution < 1.29 is 19.8 Å². The number of fused-ring (bicyclic) bond motifs is 7. The zero-order valence-electron chi connectivity index (χ0n) is 22.1. The van der Waals surface area contributed by atoms with Gasteiger partial charge in [0.25, 0.3) is 0 Å². The summed E-state index contributed by atoms with van der Waals surface area (Å²) in [6.45, 7) is 16.1. The standard InChI is InChI=1S/C30H46O4/c1-18(17-31)19-9-14-30(25(33)34)16-15-28(5)20(24(19)30)7-8-22-27(4)12-11-23(32)26(2,3)21(27)10-13-29(22,28)6/h19-22,24,31H,1,7-17H2,2-6H3,(H,33,34)/t19-,20+,21-,22+,24-,27-,28+,29+,30-/m0/s1.